The molecule has 1 aliphatic heterocycles. The van der Waals surface area contributed by atoms with Gasteiger partial charge in [0.1, 0.15) is 5.75 Å². The molecule has 0 spiro atoms. The van der Waals surface area contributed by atoms with E-state index in [4.69, 9.17) is 4.74 Å². The maximum Gasteiger partial charge on any atom is 0.118 e. The van der Waals surface area contributed by atoms with E-state index in [0.29, 0.717) is 0 Å². The van der Waals surface area contributed by atoms with Crippen molar-refractivity contribution in [1.29, 1.82) is 0 Å². The van der Waals surface area contributed by atoms with E-state index in [1.165, 1.54) is 43.5 Å². The lowest BCUT2D eigenvalue weighted by atomic mass is 10.1. The molecule has 1 fully saturated rings. The Morgan fingerprint density at radius 3 is 2.41 bits per heavy atom. The van der Waals surface area contributed by atoms with Crippen LogP contribution in [0.1, 0.15) is 24.8 Å². The standard InChI is InChI=1S/C15H21NO/c1-13(12-16-10-4-3-5-11-16)14-6-8-15(17-2)9-7-14/h6-9H,1,3-5,10-12H2,2H3. The molecule has 0 aromatic heterocycles. The zero-order valence-electron chi connectivity index (χ0n) is 10.6. The SMILES string of the molecule is C=C(CN1CCCCC1)c1ccc(OC)cc1. The first-order valence-corrected chi connectivity index (χ1v) is 6.34. The molecule has 0 N–H and O–H groups in total. The number of likely N-dealkylation sites (tertiary alicyclic amines) is 1. The molecule has 2 heteroatoms. The second-order valence-corrected chi connectivity index (χ2v) is 4.67. The highest BCUT2D eigenvalue weighted by Crippen LogP contribution is 2.19. The van der Waals surface area contributed by atoms with Crippen molar-refractivity contribution in [2.45, 2.75) is 19.3 Å². The number of piperidine rings is 1. The van der Waals surface area contributed by atoms with Gasteiger partial charge in [0.15, 0.2) is 0 Å². The molecule has 0 aliphatic carbocycles. The summed E-state index contributed by atoms with van der Waals surface area (Å²) in [5, 5.41) is 0. The van der Waals surface area contributed by atoms with Crippen LogP contribution in [0.5, 0.6) is 5.75 Å². The molecule has 0 saturated carbocycles. The molecule has 0 amide bonds. The molecule has 17 heavy (non-hydrogen) atoms. The highest BCUT2D eigenvalue weighted by atomic mass is 16.5. The highest BCUT2D eigenvalue weighted by molar-refractivity contribution is 5.65. The fourth-order valence-electron chi connectivity index (χ4n) is 2.31. The van der Waals surface area contributed by atoms with Crippen LogP contribution in [0.25, 0.3) is 5.57 Å². The van der Waals surface area contributed by atoms with Crippen molar-refractivity contribution in [3.05, 3.63) is 36.4 Å². The van der Waals surface area contributed by atoms with Crippen molar-refractivity contribution < 1.29 is 4.74 Å². The summed E-state index contributed by atoms with van der Waals surface area (Å²) < 4.78 is 5.16. The third-order valence-electron chi connectivity index (χ3n) is 3.36. The zero-order chi connectivity index (χ0) is 12.1. The van der Waals surface area contributed by atoms with Crippen LogP contribution in [0.15, 0.2) is 30.8 Å². The molecule has 2 rings (SSSR count). The summed E-state index contributed by atoms with van der Waals surface area (Å²) in [5.74, 6) is 0.902. The van der Waals surface area contributed by atoms with E-state index in [9.17, 15) is 0 Å². The molecule has 0 bridgehead atoms. The Bertz CT molecular complexity index is 363. The quantitative estimate of drug-likeness (QED) is 0.789. The number of ether oxygens (including phenoxy) is 1. The van der Waals surface area contributed by atoms with Crippen LogP contribution < -0.4 is 4.74 Å². The molecule has 1 aliphatic rings. The second kappa shape index (κ2) is 5.87. The summed E-state index contributed by atoms with van der Waals surface area (Å²) >= 11 is 0. The first-order chi connectivity index (χ1) is 8.29. The lowest BCUT2D eigenvalue weighted by Gasteiger charge is -2.27. The topological polar surface area (TPSA) is 12.5 Å². The van der Waals surface area contributed by atoms with Crippen LogP contribution in [0.3, 0.4) is 0 Å². The maximum atomic E-state index is 5.16. The Hall–Kier alpha value is -1.28. The van der Waals surface area contributed by atoms with Crippen molar-refractivity contribution in [2.24, 2.45) is 0 Å². The van der Waals surface area contributed by atoms with Gasteiger partial charge in [-0.2, -0.15) is 0 Å². The fraction of sp³-hybridized carbons (Fsp3) is 0.467. The number of benzene rings is 1. The van der Waals surface area contributed by atoms with E-state index in [-0.39, 0.29) is 0 Å². The zero-order valence-corrected chi connectivity index (χ0v) is 10.6. The molecule has 1 aromatic carbocycles. The molecule has 1 saturated heterocycles. The third kappa shape index (κ3) is 3.34. The summed E-state index contributed by atoms with van der Waals surface area (Å²) in [6.45, 7) is 7.62. The monoisotopic (exact) mass is 231 g/mol. The predicted octanol–water partition coefficient (Wildman–Crippen LogP) is 3.19. The Kier molecular flexibility index (Phi) is 4.21. The van der Waals surface area contributed by atoms with Gasteiger partial charge in [0.05, 0.1) is 7.11 Å². The number of hydrogen-bond acceptors (Lipinski definition) is 2. The largest absolute Gasteiger partial charge is 0.497 e. The smallest absolute Gasteiger partial charge is 0.118 e. The highest BCUT2D eigenvalue weighted by Gasteiger charge is 2.11. The van der Waals surface area contributed by atoms with Gasteiger partial charge in [0, 0.05) is 6.54 Å². The predicted molar refractivity (Wildman–Crippen MR) is 72.3 cm³/mol. The molecule has 0 radical (unpaired) electrons. The van der Waals surface area contributed by atoms with Crippen LogP contribution in [0, 0.1) is 0 Å². The minimum absolute atomic E-state index is 0.902. The van der Waals surface area contributed by atoms with Gasteiger partial charge in [-0.05, 0) is 49.2 Å². The number of methoxy groups -OCH3 is 1. The summed E-state index contributed by atoms with van der Waals surface area (Å²) in [6.07, 6.45) is 4.04. The van der Waals surface area contributed by atoms with Gasteiger partial charge < -0.3 is 4.74 Å². The van der Waals surface area contributed by atoms with Crippen LogP contribution in [0.4, 0.5) is 0 Å². The molecule has 92 valence electrons. The molecule has 1 heterocycles. The lowest BCUT2D eigenvalue weighted by molar-refractivity contribution is 0.255. The molecule has 2 nitrogen and oxygen atoms in total. The Morgan fingerprint density at radius 2 is 1.82 bits per heavy atom. The minimum atomic E-state index is 0.902. The lowest BCUT2D eigenvalue weighted by Crippen LogP contribution is -2.30. The van der Waals surface area contributed by atoms with Gasteiger partial charge in [-0.3, -0.25) is 4.90 Å². The summed E-state index contributed by atoms with van der Waals surface area (Å²) in [5.41, 5.74) is 2.42. The van der Waals surface area contributed by atoms with Crippen LogP contribution in [0.2, 0.25) is 0 Å². The first kappa shape index (κ1) is 12.2. The Morgan fingerprint density at radius 1 is 1.18 bits per heavy atom. The second-order valence-electron chi connectivity index (χ2n) is 4.67. The van der Waals surface area contributed by atoms with E-state index in [1.54, 1.807) is 7.11 Å². The normalized spacial score (nSPS) is 16.8. The Balaban J connectivity index is 1.93. The van der Waals surface area contributed by atoms with Crippen molar-refractivity contribution in [1.82, 2.24) is 4.90 Å². The summed E-state index contributed by atoms with van der Waals surface area (Å²) in [6, 6.07) is 8.17. The van der Waals surface area contributed by atoms with Crippen LogP contribution >= 0.6 is 0 Å². The number of nitrogens with zero attached hydrogens (tertiary/aromatic N) is 1. The third-order valence-corrected chi connectivity index (χ3v) is 3.36. The molecule has 0 unspecified atom stereocenters. The van der Waals surface area contributed by atoms with E-state index < -0.39 is 0 Å². The average Bonchev–Trinajstić information content (AvgIpc) is 2.40. The van der Waals surface area contributed by atoms with Gasteiger partial charge in [0.25, 0.3) is 0 Å². The fourth-order valence-corrected chi connectivity index (χ4v) is 2.31. The summed E-state index contributed by atoms with van der Waals surface area (Å²) in [7, 11) is 1.69. The van der Waals surface area contributed by atoms with Gasteiger partial charge in [-0.15, -0.1) is 0 Å². The van der Waals surface area contributed by atoms with Crippen LogP contribution in [-0.4, -0.2) is 31.6 Å². The number of rotatable bonds is 4. The summed E-state index contributed by atoms with van der Waals surface area (Å²) in [4.78, 5) is 2.50. The van der Waals surface area contributed by atoms with E-state index >= 15 is 0 Å². The van der Waals surface area contributed by atoms with Crippen molar-refractivity contribution >= 4 is 5.57 Å². The van der Waals surface area contributed by atoms with Crippen molar-refractivity contribution in [3.63, 3.8) is 0 Å². The van der Waals surface area contributed by atoms with Gasteiger partial charge in [-0.1, -0.05) is 25.1 Å². The molecule has 0 atom stereocenters. The van der Waals surface area contributed by atoms with E-state index in [1.807, 2.05) is 12.1 Å². The van der Waals surface area contributed by atoms with E-state index in [2.05, 4.69) is 23.6 Å². The Labute approximate surface area is 104 Å². The minimum Gasteiger partial charge on any atom is -0.497 e. The van der Waals surface area contributed by atoms with Crippen molar-refractivity contribution in [2.75, 3.05) is 26.7 Å². The molecular formula is C15H21NO. The van der Waals surface area contributed by atoms with E-state index in [0.717, 1.165) is 12.3 Å². The van der Waals surface area contributed by atoms with Crippen molar-refractivity contribution in [3.8, 4) is 5.75 Å². The number of hydrogen-bond donors (Lipinski definition) is 0. The van der Waals surface area contributed by atoms with Crippen LogP contribution in [-0.2, 0) is 0 Å². The maximum absolute atomic E-state index is 5.16. The first-order valence-electron chi connectivity index (χ1n) is 6.34. The van der Waals surface area contributed by atoms with Gasteiger partial charge >= 0.3 is 0 Å². The molecular weight excluding hydrogens is 210 g/mol. The molecule has 1 aromatic rings. The average molecular weight is 231 g/mol. The van der Waals surface area contributed by atoms with Gasteiger partial charge in [0.2, 0.25) is 0 Å². The van der Waals surface area contributed by atoms with Gasteiger partial charge in [-0.25, -0.2) is 0 Å².